The van der Waals surface area contributed by atoms with Crippen LogP contribution in [0.2, 0.25) is 0 Å². The van der Waals surface area contributed by atoms with Crippen molar-refractivity contribution in [2.24, 2.45) is 11.7 Å². The second-order valence-electron chi connectivity index (χ2n) is 5.10. The average Bonchev–Trinajstić information content (AvgIpc) is 2.77. The molecule has 0 saturated carbocycles. The molecule has 1 aromatic heterocycles. The van der Waals surface area contributed by atoms with E-state index in [0.29, 0.717) is 11.3 Å². The van der Waals surface area contributed by atoms with Gasteiger partial charge in [0, 0.05) is 22.8 Å². The van der Waals surface area contributed by atoms with Crippen molar-refractivity contribution >= 4 is 28.4 Å². The summed E-state index contributed by atoms with van der Waals surface area (Å²) in [7, 11) is 0. The van der Waals surface area contributed by atoms with E-state index in [1.54, 1.807) is 24.4 Å². The van der Waals surface area contributed by atoms with Gasteiger partial charge in [-0.3, -0.25) is 9.59 Å². The number of carbonyl (C=O) groups is 2. The number of anilines is 1. The Morgan fingerprint density at radius 3 is 2.60 bits per heavy atom. The van der Waals surface area contributed by atoms with Crippen LogP contribution >= 0.6 is 0 Å². The average molecular weight is 274 g/mol. The number of primary amides is 1. The van der Waals surface area contributed by atoms with Crippen molar-refractivity contribution < 1.29 is 9.59 Å². The predicted molar refractivity (Wildman–Crippen MR) is 78.0 cm³/mol. The number of hydrogen-bond donors (Lipinski definition) is 4. The standard InChI is InChI=1S/C14H18N4O2/c1-7(2)12(13(16)19)18-14(20)10-6-17-11-5-8(15)3-4-9(10)11/h3-7,12,17H,15H2,1-2H3,(H2,16,19)(H,18,20). The van der Waals surface area contributed by atoms with Crippen LogP contribution in [0.5, 0.6) is 0 Å². The summed E-state index contributed by atoms with van der Waals surface area (Å²) >= 11 is 0. The van der Waals surface area contributed by atoms with Crippen LogP contribution in [0.3, 0.4) is 0 Å². The van der Waals surface area contributed by atoms with E-state index in [1.807, 2.05) is 13.8 Å². The number of nitrogens with one attached hydrogen (secondary N) is 2. The predicted octanol–water partition coefficient (Wildman–Crippen LogP) is 0.990. The summed E-state index contributed by atoms with van der Waals surface area (Å²) in [6.07, 6.45) is 1.60. The van der Waals surface area contributed by atoms with E-state index >= 15 is 0 Å². The number of amides is 2. The molecule has 2 aromatic rings. The van der Waals surface area contributed by atoms with E-state index in [1.165, 1.54) is 0 Å². The highest BCUT2D eigenvalue weighted by molar-refractivity contribution is 6.08. The monoisotopic (exact) mass is 274 g/mol. The van der Waals surface area contributed by atoms with Crippen LogP contribution in [0.1, 0.15) is 24.2 Å². The van der Waals surface area contributed by atoms with Gasteiger partial charge in [0.25, 0.3) is 5.91 Å². The summed E-state index contributed by atoms with van der Waals surface area (Å²) in [5, 5.41) is 3.41. The maximum Gasteiger partial charge on any atom is 0.254 e. The lowest BCUT2D eigenvalue weighted by molar-refractivity contribution is -0.120. The van der Waals surface area contributed by atoms with Crippen LogP contribution in [-0.2, 0) is 4.79 Å². The smallest absolute Gasteiger partial charge is 0.254 e. The van der Waals surface area contributed by atoms with E-state index in [4.69, 9.17) is 11.5 Å². The highest BCUT2D eigenvalue weighted by atomic mass is 16.2. The van der Waals surface area contributed by atoms with Crippen molar-refractivity contribution in [1.29, 1.82) is 0 Å². The molecule has 1 atom stereocenters. The van der Waals surface area contributed by atoms with Crippen molar-refractivity contribution in [2.45, 2.75) is 19.9 Å². The third-order valence-electron chi connectivity index (χ3n) is 3.21. The third kappa shape index (κ3) is 2.59. The first-order valence-electron chi connectivity index (χ1n) is 6.37. The lowest BCUT2D eigenvalue weighted by atomic mass is 10.0. The highest BCUT2D eigenvalue weighted by Gasteiger charge is 2.23. The fourth-order valence-corrected chi connectivity index (χ4v) is 2.12. The van der Waals surface area contributed by atoms with Crippen LogP contribution in [0.15, 0.2) is 24.4 Å². The minimum atomic E-state index is -0.693. The number of fused-ring (bicyclic) bond motifs is 1. The Bertz CT molecular complexity index is 660. The molecule has 0 radical (unpaired) electrons. The van der Waals surface area contributed by atoms with E-state index in [0.717, 1.165) is 10.9 Å². The first kappa shape index (κ1) is 13.9. The second kappa shape index (κ2) is 5.24. The number of nitrogens with two attached hydrogens (primary N) is 2. The Labute approximate surface area is 116 Å². The van der Waals surface area contributed by atoms with Crippen LogP contribution in [-0.4, -0.2) is 22.8 Å². The van der Waals surface area contributed by atoms with Crippen LogP contribution in [0.25, 0.3) is 10.9 Å². The van der Waals surface area contributed by atoms with Gasteiger partial charge in [0.05, 0.1) is 5.56 Å². The molecule has 0 fully saturated rings. The number of carbonyl (C=O) groups excluding carboxylic acids is 2. The molecular weight excluding hydrogens is 256 g/mol. The van der Waals surface area contributed by atoms with Gasteiger partial charge < -0.3 is 21.8 Å². The second-order valence-corrected chi connectivity index (χ2v) is 5.10. The zero-order valence-electron chi connectivity index (χ0n) is 11.4. The number of H-pyrrole nitrogens is 1. The molecule has 0 spiro atoms. The van der Waals surface area contributed by atoms with Gasteiger partial charge in [0.15, 0.2) is 0 Å². The van der Waals surface area contributed by atoms with Gasteiger partial charge in [0.2, 0.25) is 5.91 Å². The lowest BCUT2D eigenvalue weighted by Gasteiger charge is -2.18. The Morgan fingerprint density at radius 1 is 1.30 bits per heavy atom. The SMILES string of the molecule is CC(C)C(NC(=O)c1c[nH]c2cc(N)ccc12)C(N)=O. The molecule has 0 aliphatic carbocycles. The van der Waals surface area contributed by atoms with E-state index < -0.39 is 11.9 Å². The van der Waals surface area contributed by atoms with Crippen molar-refractivity contribution in [3.8, 4) is 0 Å². The molecule has 6 nitrogen and oxygen atoms in total. The molecule has 106 valence electrons. The third-order valence-corrected chi connectivity index (χ3v) is 3.21. The van der Waals surface area contributed by atoms with Gasteiger partial charge >= 0.3 is 0 Å². The maximum atomic E-state index is 12.3. The summed E-state index contributed by atoms with van der Waals surface area (Å²) in [5.41, 5.74) is 12.8. The largest absolute Gasteiger partial charge is 0.399 e. The number of nitrogen functional groups attached to an aromatic ring is 1. The Hall–Kier alpha value is -2.50. The van der Waals surface area contributed by atoms with Gasteiger partial charge in [-0.15, -0.1) is 0 Å². The van der Waals surface area contributed by atoms with Crippen molar-refractivity contribution in [3.63, 3.8) is 0 Å². The topological polar surface area (TPSA) is 114 Å². The van der Waals surface area contributed by atoms with E-state index in [2.05, 4.69) is 10.3 Å². The quantitative estimate of drug-likeness (QED) is 0.623. The van der Waals surface area contributed by atoms with Crippen LogP contribution in [0, 0.1) is 5.92 Å². The van der Waals surface area contributed by atoms with Gasteiger partial charge in [-0.2, -0.15) is 0 Å². The normalized spacial score (nSPS) is 12.6. The van der Waals surface area contributed by atoms with Crippen molar-refractivity contribution in [3.05, 3.63) is 30.0 Å². The molecule has 0 aliphatic heterocycles. The molecule has 6 N–H and O–H groups in total. The molecule has 20 heavy (non-hydrogen) atoms. The number of rotatable bonds is 4. The van der Waals surface area contributed by atoms with Gasteiger partial charge in [0.1, 0.15) is 6.04 Å². The molecule has 6 heteroatoms. The molecule has 0 saturated heterocycles. The van der Waals surface area contributed by atoms with Crippen molar-refractivity contribution in [1.82, 2.24) is 10.3 Å². The first-order chi connectivity index (χ1) is 9.40. The summed E-state index contributed by atoms with van der Waals surface area (Å²) in [4.78, 5) is 26.6. The fourth-order valence-electron chi connectivity index (χ4n) is 2.12. The van der Waals surface area contributed by atoms with Gasteiger partial charge in [-0.05, 0) is 24.1 Å². The minimum absolute atomic E-state index is 0.0719. The summed E-state index contributed by atoms with van der Waals surface area (Å²) in [5.74, 6) is -0.951. The number of aromatic amines is 1. The lowest BCUT2D eigenvalue weighted by Crippen LogP contribution is -2.47. The Kier molecular flexibility index (Phi) is 3.65. The summed E-state index contributed by atoms with van der Waals surface area (Å²) < 4.78 is 0. The van der Waals surface area contributed by atoms with E-state index in [9.17, 15) is 9.59 Å². The van der Waals surface area contributed by atoms with Crippen LogP contribution in [0.4, 0.5) is 5.69 Å². The Balaban J connectivity index is 2.30. The molecule has 2 rings (SSSR count). The maximum absolute atomic E-state index is 12.3. The highest BCUT2D eigenvalue weighted by Crippen LogP contribution is 2.20. The summed E-state index contributed by atoms with van der Waals surface area (Å²) in [6.45, 7) is 3.65. The first-order valence-corrected chi connectivity index (χ1v) is 6.37. The zero-order chi connectivity index (χ0) is 14.9. The fraction of sp³-hybridized carbons (Fsp3) is 0.286. The minimum Gasteiger partial charge on any atom is -0.399 e. The molecular formula is C14H18N4O2. The molecule has 1 unspecified atom stereocenters. The zero-order valence-corrected chi connectivity index (χ0v) is 11.4. The molecule has 1 aromatic carbocycles. The number of hydrogen-bond acceptors (Lipinski definition) is 3. The molecule has 1 heterocycles. The van der Waals surface area contributed by atoms with Gasteiger partial charge in [-0.25, -0.2) is 0 Å². The van der Waals surface area contributed by atoms with Crippen LogP contribution < -0.4 is 16.8 Å². The van der Waals surface area contributed by atoms with Gasteiger partial charge in [-0.1, -0.05) is 13.8 Å². The molecule has 2 amide bonds. The van der Waals surface area contributed by atoms with E-state index in [-0.39, 0.29) is 11.8 Å². The summed E-state index contributed by atoms with van der Waals surface area (Å²) in [6, 6.07) is 4.55. The molecule has 0 bridgehead atoms. The molecule has 0 aliphatic rings. The number of aromatic nitrogens is 1. The van der Waals surface area contributed by atoms with Crippen molar-refractivity contribution in [2.75, 3.05) is 5.73 Å². The number of benzene rings is 1. The Morgan fingerprint density at radius 2 is 2.00 bits per heavy atom.